The molecule has 5 rings (SSSR count). The molecule has 3 aromatic rings. The van der Waals surface area contributed by atoms with Crippen molar-refractivity contribution in [2.75, 3.05) is 24.3 Å². The molecule has 0 saturated heterocycles. The molecule has 2 aliphatic heterocycles. The number of benzene rings is 2. The number of ether oxygens (including phenoxy) is 1. The van der Waals surface area contributed by atoms with Gasteiger partial charge in [0.15, 0.2) is 5.82 Å². The van der Waals surface area contributed by atoms with Gasteiger partial charge in [0.25, 0.3) is 0 Å². The first-order valence-corrected chi connectivity index (χ1v) is 14.0. The van der Waals surface area contributed by atoms with E-state index in [0.29, 0.717) is 47.7 Å². The van der Waals surface area contributed by atoms with Gasteiger partial charge in [0.1, 0.15) is 11.6 Å². The number of fused-ring (bicyclic) bond motifs is 4. The lowest BCUT2D eigenvalue weighted by Gasteiger charge is -2.33. The summed E-state index contributed by atoms with van der Waals surface area (Å²) in [5.74, 6) is -2.03. The van der Waals surface area contributed by atoms with Crippen molar-refractivity contribution in [1.29, 1.82) is 0 Å². The molecule has 42 heavy (non-hydrogen) atoms. The third-order valence-corrected chi connectivity index (χ3v) is 7.98. The monoisotopic (exact) mass is 597 g/mol. The topological polar surface area (TPSA) is 116 Å². The zero-order chi connectivity index (χ0) is 30.1. The van der Waals surface area contributed by atoms with Gasteiger partial charge in [-0.2, -0.15) is 0 Å². The highest BCUT2D eigenvalue weighted by Crippen LogP contribution is 2.38. The van der Waals surface area contributed by atoms with Crippen LogP contribution in [0, 0.1) is 24.5 Å². The molecule has 3 amide bonds. The summed E-state index contributed by atoms with van der Waals surface area (Å²) in [5, 5.41) is 5.36. The molecule has 2 aliphatic rings. The van der Waals surface area contributed by atoms with Gasteiger partial charge in [0.05, 0.1) is 35.1 Å². The molecule has 3 heterocycles. The number of hydrogen-bond acceptors (Lipinski definition) is 5. The lowest BCUT2D eigenvalue weighted by Crippen LogP contribution is -2.38. The molecule has 2 bridgehead atoms. The van der Waals surface area contributed by atoms with Crippen LogP contribution in [0.5, 0.6) is 0 Å². The number of anilines is 2. The fourth-order valence-electron chi connectivity index (χ4n) is 5.43. The number of carbonyl (C=O) groups excluding carboxylic acids is 3. The maximum absolute atomic E-state index is 14.7. The fraction of sp³-hybridized carbons (Fsp3) is 0.333. The first-order valence-electron chi connectivity index (χ1n) is 13.6. The minimum atomic E-state index is -0.891. The number of aromatic amines is 1. The molecule has 0 saturated carbocycles. The molecule has 3 N–H and O–H groups in total. The number of hydrogen-bond donors (Lipinski definition) is 3. The maximum atomic E-state index is 14.7. The quantitative estimate of drug-likeness (QED) is 0.294. The van der Waals surface area contributed by atoms with E-state index in [-0.39, 0.29) is 40.9 Å². The van der Waals surface area contributed by atoms with Gasteiger partial charge in [-0.25, -0.2) is 18.6 Å². The highest BCUT2D eigenvalue weighted by atomic mass is 35.5. The molecule has 220 valence electrons. The Morgan fingerprint density at radius 3 is 2.71 bits per heavy atom. The maximum Gasteiger partial charge on any atom is 0.411 e. The van der Waals surface area contributed by atoms with Crippen LogP contribution >= 0.6 is 11.6 Å². The van der Waals surface area contributed by atoms with Crippen molar-refractivity contribution >= 4 is 46.5 Å². The summed E-state index contributed by atoms with van der Waals surface area (Å²) in [5.41, 5.74) is 2.77. The van der Waals surface area contributed by atoms with E-state index in [4.69, 9.17) is 16.6 Å². The van der Waals surface area contributed by atoms with E-state index in [1.54, 1.807) is 23.1 Å². The van der Waals surface area contributed by atoms with E-state index in [1.165, 1.54) is 13.2 Å². The third kappa shape index (κ3) is 5.74. The number of amides is 3. The largest absolute Gasteiger partial charge is 0.453 e. The highest BCUT2D eigenvalue weighted by Gasteiger charge is 2.32. The van der Waals surface area contributed by atoms with Crippen molar-refractivity contribution in [3.05, 3.63) is 70.1 Å². The lowest BCUT2D eigenvalue weighted by molar-refractivity contribution is -0.129. The predicted molar refractivity (Wildman–Crippen MR) is 155 cm³/mol. The molecule has 0 fully saturated rings. The number of nitrogens with zero attached hydrogens (tertiary/aromatic N) is 2. The standard InChI is InChI=1S/C30H30ClF2N5O4/c1-15-5-4-6-23(38-12-11-17(13-24(38)39)25-21(32)10-9-20(31)26(25)33)28-34-16(2)27(37-28)19-8-7-18(35-30(41)42-3)14-22(19)36-29(15)40/h7-10,13-15,23H,4-6,11-12H2,1-3H3,(H,34,37)(H,35,41)(H,36,40)/t15-,23+/m1/s1. The normalized spacial score (nSPS) is 19.2. The smallest absolute Gasteiger partial charge is 0.411 e. The summed E-state index contributed by atoms with van der Waals surface area (Å²) < 4.78 is 33.9. The average molecular weight is 598 g/mol. The van der Waals surface area contributed by atoms with Gasteiger partial charge >= 0.3 is 6.09 Å². The molecule has 12 heteroatoms. The zero-order valence-electron chi connectivity index (χ0n) is 23.3. The van der Waals surface area contributed by atoms with Crippen molar-refractivity contribution in [1.82, 2.24) is 14.9 Å². The number of carbonyl (C=O) groups is 3. The number of halogens is 3. The Balaban J connectivity index is 1.53. The second kappa shape index (κ2) is 11.9. The zero-order valence-corrected chi connectivity index (χ0v) is 24.1. The van der Waals surface area contributed by atoms with Gasteiger partial charge in [-0.05, 0) is 62.1 Å². The van der Waals surface area contributed by atoms with Crippen LogP contribution in [0.1, 0.15) is 55.7 Å². The summed E-state index contributed by atoms with van der Waals surface area (Å²) in [7, 11) is 1.26. The molecule has 2 atom stereocenters. The SMILES string of the molecule is COC(=O)Nc1ccc2c(c1)NC(=O)[C@H](C)CCC[C@H](N1CCC(c3c(F)ccc(Cl)c3F)=CC1=O)c1nc-2c(C)[nH]1. The van der Waals surface area contributed by atoms with Crippen molar-refractivity contribution in [3.63, 3.8) is 0 Å². The van der Waals surface area contributed by atoms with Crippen molar-refractivity contribution in [2.24, 2.45) is 5.92 Å². The Morgan fingerprint density at radius 1 is 1.19 bits per heavy atom. The summed E-state index contributed by atoms with van der Waals surface area (Å²) in [6.07, 6.45) is 2.52. The first-order chi connectivity index (χ1) is 20.1. The van der Waals surface area contributed by atoms with E-state index >= 15 is 0 Å². The van der Waals surface area contributed by atoms with Gasteiger partial charge < -0.3 is 19.9 Å². The molecular weight excluding hydrogens is 568 g/mol. The number of methoxy groups -OCH3 is 1. The molecular formula is C30H30ClF2N5O4. The van der Waals surface area contributed by atoms with Crippen LogP contribution < -0.4 is 10.6 Å². The van der Waals surface area contributed by atoms with Crippen LogP contribution in [0.15, 0.2) is 36.4 Å². The van der Waals surface area contributed by atoms with Crippen LogP contribution in [0.3, 0.4) is 0 Å². The predicted octanol–water partition coefficient (Wildman–Crippen LogP) is 6.61. The lowest BCUT2D eigenvalue weighted by atomic mass is 9.95. The minimum absolute atomic E-state index is 0.191. The van der Waals surface area contributed by atoms with E-state index in [2.05, 4.69) is 20.4 Å². The molecule has 2 aromatic carbocycles. The van der Waals surface area contributed by atoms with Crippen LogP contribution in [0.2, 0.25) is 5.02 Å². The van der Waals surface area contributed by atoms with Gasteiger partial charge in [-0.3, -0.25) is 14.9 Å². The number of nitrogens with one attached hydrogen (secondary N) is 3. The number of H-pyrrole nitrogens is 1. The van der Waals surface area contributed by atoms with Crippen LogP contribution in [0.4, 0.5) is 25.0 Å². The molecule has 0 aliphatic carbocycles. The molecule has 0 unspecified atom stereocenters. The Bertz CT molecular complexity index is 1600. The summed E-state index contributed by atoms with van der Waals surface area (Å²) in [6, 6.07) is 6.83. The van der Waals surface area contributed by atoms with Gasteiger partial charge in [0, 0.05) is 35.5 Å². The van der Waals surface area contributed by atoms with Crippen LogP contribution in [0.25, 0.3) is 16.8 Å². The fourth-order valence-corrected chi connectivity index (χ4v) is 5.59. The number of rotatable bonds is 3. The van der Waals surface area contributed by atoms with Crippen LogP contribution in [-0.4, -0.2) is 46.4 Å². The molecule has 0 radical (unpaired) electrons. The molecule has 9 nitrogen and oxygen atoms in total. The van der Waals surface area contributed by atoms with Crippen molar-refractivity contribution in [2.45, 2.75) is 45.6 Å². The highest BCUT2D eigenvalue weighted by molar-refractivity contribution is 6.31. The molecule has 0 spiro atoms. The van der Waals surface area contributed by atoms with E-state index in [1.807, 2.05) is 13.8 Å². The van der Waals surface area contributed by atoms with Crippen molar-refractivity contribution < 1.29 is 27.9 Å². The summed E-state index contributed by atoms with van der Waals surface area (Å²) >= 11 is 5.89. The number of imidazole rings is 1. The van der Waals surface area contributed by atoms with Gasteiger partial charge in [-0.1, -0.05) is 24.9 Å². The van der Waals surface area contributed by atoms with E-state index in [9.17, 15) is 23.2 Å². The molecule has 1 aromatic heterocycles. The van der Waals surface area contributed by atoms with Crippen molar-refractivity contribution in [3.8, 4) is 11.3 Å². The summed E-state index contributed by atoms with van der Waals surface area (Å²) in [4.78, 5) is 48.2. The Labute approximate surface area is 246 Å². The Hall–Kier alpha value is -4.25. The van der Waals surface area contributed by atoms with Crippen LogP contribution in [-0.2, 0) is 14.3 Å². The third-order valence-electron chi connectivity index (χ3n) is 7.69. The average Bonchev–Trinajstić information content (AvgIpc) is 3.34. The second-order valence-electron chi connectivity index (χ2n) is 10.5. The van der Waals surface area contributed by atoms with Gasteiger partial charge in [0.2, 0.25) is 11.8 Å². The number of aromatic nitrogens is 2. The number of aryl methyl sites for hydroxylation is 1. The van der Waals surface area contributed by atoms with E-state index < -0.39 is 29.7 Å². The first kappa shape index (κ1) is 29.2. The summed E-state index contributed by atoms with van der Waals surface area (Å²) in [6.45, 7) is 3.89. The van der Waals surface area contributed by atoms with Gasteiger partial charge in [-0.15, -0.1) is 0 Å². The van der Waals surface area contributed by atoms with E-state index in [0.717, 1.165) is 17.8 Å². The Kier molecular flexibility index (Phi) is 8.31. The Morgan fingerprint density at radius 2 is 1.98 bits per heavy atom. The minimum Gasteiger partial charge on any atom is -0.453 e. The second-order valence-corrected chi connectivity index (χ2v) is 10.9.